The van der Waals surface area contributed by atoms with Crippen LogP contribution in [0, 0.1) is 5.82 Å². The van der Waals surface area contributed by atoms with Crippen molar-refractivity contribution >= 4 is 27.8 Å². The van der Waals surface area contributed by atoms with E-state index >= 15 is 0 Å². The summed E-state index contributed by atoms with van der Waals surface area (Å²) >= 11 is 0. The number of aromatic nitrogens is 3. The van der Waals surface area contributed by atoms with Crippen LogP contribution in [0.15, 0.2) is 53.3 Å². The minimum atomic E-state index is -0.342. The summed E-state index contributed by atoms with van der Waals surface area (Å²) < 4.78 is 15.7. The van der Waals surface area contributed by atoms with Gasteiger partial charge in [-0.15, -0.1) is 0 Å². The van der Waals surface area contributed by atoms with Gasteiger partial charge >= 0.3 is 5.69 Å². The van der Waals surface area contributed by atoms with E-state index in [1.165, 1.54) is 6.07 Å². The highest BCUT2D eigenvalue weighted by molar-refractivity contribution is 5.98. The van der Waals surface area contributed by atoms with E-state index in [0.717, 1.165) is 11.0 Å². The number of fused-ring (bicyclic) bond motifs is 2. The van der Waals surface area contributed by atoms with E-state index in [2.05, 4.69) is 9.97 Å². The molecule has 0 saturated carbocycles. The molecule has 1 saturated heterocycles. The number of rotatable bonds is 2. The number of aromatic amines is 2. The molecule has 7 heteroatoms. The quantitative estimate of drug-likeness (QED) is 0.561. The Morgan fingerprint density at radius 3 is 2.54 bits per heavy atom. The number of hydrogen-bond donors (Lipinski definition) is 2. The summed E-state index contributed by atoms with van der Waals surface area (Å²) in [5.41, 5.74) is 2.61. The number of para-hydroxylation sites is 2. The maximum Gasteiger partial charge on any atom is 0.326 e. The molecule has 1 aliphatic heterocycles. The molecular formula is C21H19FN4O2. The van der Waals surface area contributed by atoms with Gasteiger partial charge in [0.2, 0.25) is 0 Å². The van der Waals surface area contributed by atoms with Crippen molar-refractivity contribution in [1.82, 2.24) is 19.4 Å². The van der Waals surface area contributed by atoms with Crippen molar-refractivity contribution in [3.63, 3.8) is 0 Å². The van der Waals surface area contributed by atoms with Gasteiger partial charge in [-0.3, -0.25) is 9.36 Å². The second kappa shape index (κ2) is 6.37. The second-order valence-corrected chi connectivity index (χ2v) is 7.22. The summed E-state index contributed by atoms with van der Waals surface area (Å²) in [7, 11) is 0. The Morgan fingerprint density at radius 1 is 1.00 bits per heavy atom. The zero-order chi connectivity index (χ0) is 19.3. The molecule has 2 aromatic heterocycles. The number of imidazole rings is 1. The highest BCUT2D eigenvalue weighted by atomic mass is 19.1. The van der Waals surface area contributed by atoms with Gasteiger partial charge in [-0.1, -0.05) is 18.2 Å². The Labute approximate surface area is 159 Å². The number of nitrogens with zero attached hydrogens (tertiary/aromatic N) is 2. The number of nitrogens with one attached hydrogen (secondary N) is 2. The number of piperidine rings is 1. The van der Waals surface area contributed by atoms with E-state index in [0.29, 0.717) is 42.5 Å². The zero-order valence-electron chi connectivity index (χ0n) is 15.1. The molecule has 5 rings (SSSR count). The van der Waals surface area contributed by atoms with Gasteiger partial charge in [0.1, 0.15) is 11.5 Å². The second-order valence-electron chi connectivity index (χ2n) is 7.22. The largest absolute Gasteiger partial charge is 0.350 e. The normalized spacial score (nSPS) is 15.5. The van der Waals surface area contributed by atoms with Gasteiger partial charge in [-0.05, 0) is 43.2 Å². The van der Waals surface area contributed by atoms with Crippen molar-refractivity contribution in [3.8, 4) is 0 Å². The van der Waals surface area contributed by atoms with Crippen LogP contribution in [0.25, 0.3) is 21.9 Å². The first-order valence-corrected chi connectivity index (χ1v) is 9.37. The van der Waals surface area contributed by atoms with Crippen molar-refractivity contribution < 1.29 is 9.18 Å². The number of amides is 1. The molecule has 4 aromatic rings. The summed E-state index contributed by atoms with van der Waals surface area (Å²) in [6, 6.07) is 14.0. The number of carbonyl (C=O) groups is 1. The van der Waals surface area contributed by atoms with E-state index in [4.69, 9.17) is 0 Å². The molecule has 2 aromatic carbocycles. The van der Waals surface area contributed by atoms with Gasteiger partial charge in [-0.2, -0.15) is 0 Å². The average Bonchev–Trinajstić information content (AvgIpc) is 3.29. The molecule has 0 aliphatic carbocycles. The molecule has 0 spiro atoms. The van der Waals surface area contributed by atoms with Crippen LogP contribution in [0.5, 0.6) is 0 Å². The lowest BCUT2D eigenvalue weighted by atomic mass is 10.0. The third-order valence-electron chi connectivity index (χ3n) is 5.58. The maximum absolute atomic E-state index is 13.9. The lowest BCUT2D eigenvalue weighted by Gasteiger charge is -2.32. The Morgan fingerprint density at radius 2 is 1.75 bits per heavy atom. The predicted octanol–water partition coefficient (Wildman–Crippen LogP) is 3.43. The zero-order valence-corrected chi connectivity index (χ0v) is 15.1. The molecule has 2 N–H and O–H groups in total. The predicted molar refractivity (Wildman–Crippen MR) is 105 cm³/mol. The molecule has 0 bridgehead atoms. The summed E-state index contributed by atoms with van der Waals surface area (Å²) in [5, 5.41) is 0.422. The Bertz CT molecular complexity index is 1240. The van der Waals surface area contributed by atoms with E-state index < -0.39 is 0 Å². The summed E-state index contributed by atoms with van der Waals surface area (Å²) in [6.45, 7) is 1.10. The minimum absolute atomic E-state index is 0.0489. The van der Waals surface area contributed by atoms with Crippen molar-refractivity contribution in [2.24, 2.45) is 0 Å². The van der Waals surface area contributed by atoms with Crippen LogP contribution in [0.4, 0.5) is 4.39 Å². The maximum atomic E-state index is 13.9. The highest BCUT2D eigenvalue weighted by Gasteiger charge is 2.27. The first kappa shape index (κ1) is 16.8. The molecule has 142 valence electrons. The SMILES string of the molecule is O=C(c1cc2c(F)cccc2[nH]1)N1CCC(n2c(=O)[nH]c3ccccc32)CC1. The van der Waals surface area contributed by atoms with Gasteiger partial charge in [-0.25, -0.2) is 9.18 Å². The van der Waals surface area contributed by atoms with E-state index in [1.807, 2.05) is 24.3 Å². The molecular weight excluding hydrogens is 359 g/mol. The van der Waals surface area contributed by atoms with Gasteiger partial charge in [0.05, 0.1) is 11.0 Å². The Hall–Kier alpha value is -3.35. The summed E-state index contributed by atoms with van der Waals surface area (Å²) in [5.74, 6) is -0.481. The molecule has 0 unspecified atom stereocenters. The fraction of sp³-hybridized carbons (Fsp3) is 0.238. The van der Waals surface area contributed by atoms with Crippen LogP contribution in [0.2, 0.25) is 0 Å². The molecule has 0 atom stereocenters. The third-order valence-corrected chi connectivity index (χ3v) is 5.58. The number of halogens is 1. The molecule has 6 nitrogen and oxygen atoms in total. The van der Waals surface area contributed by atoms with Crippen LogP contribution < -0.4 is 5.69 Å². The smallest absolute Gasteiger partial charge is 0.326 e. The monoisotopic (exact) mass is 378 g/mol. The van der Waals surface area contributed by atoms with E-state index in [1.54, 1.807) is 27.7 Å². The molecule has 0 radical (unpaired) electrons. The van der Waals surface area contributed by atoms with Gasteiger partial charge in [0, 0.05) is 30.0 Å². The number of hydrogen-bond acceptors (Lipinski definition) is 2. The summed E-state index contributed by atoms with van der Waals surface area (Å²) in [6.07, 6.45) is 1.39. The molecule has 1 aliphatic rings. The fourth-order valence-corrected chi connectivity index (χ4v) is 4.17. The van der Waals surface area contributed by atoms with Crippen LogP contribution in [0.3, 0.4) is 0 Å². The number of likely N-dealkylation sites (tertiary alicyclic amines) is 1. The van der Waals surface area contributed by atoms with Crippen LogP contribution in [0.1, 0.15) is 29.4 Å². The van der Waals surface area contributed by atoms with E-state index in [-0.39, 0.29) is 23.5 Å². The number of carbonyl (C=O) groups excluding carboxylic acids is 1. The average molecular weight is 378 g/mol. The van der Waals surface area contributed by atoms with Crippen LogP contribution in [-0.2, 0) is 0 Å². The first-order chi connectivity index (χ1) is 13.6. The molecule has 28 heavy (non-hydrogen) atoms. The van der Waals surface area contributed by atoms with Gasteiger partial charge in [0.25, 0.3) is 5.91 Å². The highest BCUT2D eigenvalue weighted by Crippen LogP contribution is 2.26. The van der Waals surface area contributed by atoms with Crippen LogP contribution >= 0.6 is 0 Å². The lowest BCUT2D eigenvalue weighted by molar-refractivity contribution is 0.0690. The Balaban J connectivity index is 1.36. The molecule has 1 amide bonds. The first-order valence-electron chi connectivity index (χ1n) is 9.37. The van der Waals surface area contributed by atoms with Crippen molar-refractivity contribution in [2.75, 3.05) is 13.1 Å². The molecule has 1 fully saturated rings. The van der Waals surface area contributed by atoms with Crippen LogP contribution in [-0.4, -0.2) is 38.4 Å². The van der Waals surface area contributed by atoms with Crippen molar-refractivity contribution in [3.05, 3.63) is 70.5 Å². The van der Waals surface area contributed by atoms with E-state index in [9.17, 15) is 14.0 Å². The minimum Gasteiger partial charge on any atom is -0.350 e. The van der Waals surface area contributed by atoms with Crippen molar-refractivity contribution in [2.45, 2.75) is 18.9 Å². The third kappa shape index (κ3) is 2.62. The fourth-order valence-electron chi connectivity index (χ4n) is 4.17. The number of benzene rings is 2. The van der Waals surface area contributed by atoms with Gasteiger partial charge in [0.15, 0.2) is 0 Å². The van der Waals surface area contributed by atoms with Crippen molar-refractivity contribution in [1.29, 1.82) is 0 Å². The standard InChI is InChI=1S/C21H19FN4O2/c22-15-4-3-6-16-14(15)12-18(23-16)20(27)25-10-8-13(9-11-25)26-19-7-2-1-5-17(19)24-21(26)28/h1-7,12-13,23H,8-11H2,(H,24,28). The summed E-state index contributed by atoms with van der Waals surface area (Å²) in [4.78, 5) is 32.9. The number of H-pyrrole nitrogens is 2. The Kier molecular flexibility index (Phi) is 3.82. The lowest BCUT2D eigenvalue weighted by Crippen LogP contribution is -2.40. The topological polar surface area (TPSA) is 73.9 Å². The molecule has 3 heterocycles. The van der Waals surface area contributed by atoms with Gasteiger partial charge < -0.3 is 14.9 Å².